The number of rotatable bonds is 7. The molecule has 1 rings (SSSR count). The average Bonchev–Trinajstić information content (AvgIpc) is 2.36. The summed E-state index contributed by atoms with van der Waals surface area (Å²) in [6, 6.07) is 0.812. The minimum Gasteiger partial charge on any atom is -0.314 e. The molecule has 0 bridgehead atoms. The van der Waals surface area contributed by atoms with Crippen molar-refractivity contribution in [2.24, 2.45) is 17.8 Å². The van der Waals surface area contributed by atoms with Gasteiger partial charge in [-0.3, -0.25) is 0 Å². The van der Waals surface area contributed by atoms with Crippen LogP contribution in [0.15, 0.2) is 0 Å². The lowest BCUT2D eigenvalue weighted by molar-refractivity contribution is 0.172. The fourth-order valence-corrected chi connectivity index (χ4v) is 3.27. The Morgan fingerprint density at radius 3 is 2.53 bits per heavy atom. The Morgan fingerprint density at radius 1 is 1.18 bits per heavy atom. The molecular formula is C16H33N. The third kappa shape index (κ3) is 4.99. The minimum absolute atomic E-state index is 0.812. The maximum atomic E-state index is 3.80. The predicted octanol–water partition coefficient (Wildman–Crippen LogP) is 4.62. The topological polar surface area (TPSA) is 12.0 Å². The summed E-state index contributed by atoms with van der Waals surface area (Å²) in [5.41, 5.74) is 0. The molecule has 17 heavy (non-hydrogen) atoms. The Labute approximate surface area is 109 Å². The molecule has 0 spiro atoms. The normalized spacial score (nSPS) is 31.4. The van der Waals surface area contributed by atoms with Crippen molar-refractivity contribution in [2.75, 3.05) is 6.54 Å². The lowest BCUT2D eigenvalue weighted by atomic mass is 9.73. The molecule has 0 heterocycles. The van der Waals surface area contributed by atoms with Crippen LogP contribution in [0, 0.1) is 17.8 Å². The molecule has 1 aliphatic carbocycles. The van der Waals surface area contributed by atoms with Gasteiger partial charge in [-0.1, -0.05) is 40.5 Å². The van der Waals surface area contributed by atoms with Gasteiger partial charge in [0.2, 0.25) is 0 Å². The second-order valence-corrected chi connectivity index (χ2v) is 6.16. The fourth-order valence-electron chi connectivity index (χ4n) is 3.27. The molecule has 0 aromatic heterocycles. The molecule has 1 N–H and O–H groups in total. The molecule has 4 atom stereocenters. The lowest BCUT2D eigenvalue weighted by Crippen LogP contribution is -2.41. The molecule has 0 aliphatic heterocycles. The van der Waals surface area contributed by atoms with Crippen LogP contribution < -0.4 is 5.32 Å². The van der Waals surface area contributed by atoms with Crippen molar-refractivity contribution in [3.05, 3.63) is 0 Å². The van der Waals surface area contributed by atoms with Gasteiger partial charge < -0.3 is 5.32 Å². The van der Waals surface area contributed by atoms with E-state index in [0.717, 1.165) is 23.8 Å². The van der Waals surface area contributed by atoms with E-state index in [1.54, 1.807) is 0 Å². The van der Waals surface area contributed by atoms with Crippen LogP contribution in [0.1, 0.15) is 72.6 Å². The zero-order chi connectivity index (χ0) is 12.7. The van der Waals surface area contributed by atoms with Crippen LogP contribution in [0.2, 0.25) is 0 Å². The van der Waals surface area contributed by atoms with E-state index in [9.17, 15) is 0 Å². The molecule has 1 fully saturated rings. The zero-order valence-corrected chi connectivity index (χ0v) is 12.5. The summed E-state index contributed by atoms with van der Waals surface area (Å²) >= 11 is 0. The lowest BCUT2D eigenvalue weighted by Gasteiger charge is -2.38. The van der Waals surface area contributed by atoms with Crippen LogP contribution in [-0.4, -0.2) is 12.6 Å². The Morgan fingerprint density at radius 2 is 1.94 bits per heavy atom. The molecule has 0 saturated heterocycles. The van der Waals surface area contributed by atoms with Crippen molar-refractivity contribution in [3.8, 4) is 0 Å². The van der Waals surface area contributed by atoms with Crippen molar-refractivity contribution < 1.29 is 0 Å². The third-order valence-corrected chi connectivity index (χ3v) is 4.73. The molecule has 102 valence electrons. The van der Waals surface area contributed by atoms with E-state index in [2.05, 4.69) is 33.0 Å². The van der Waals surface area contributed by atoms with E-state index in [-0.39, 0.29) is 0 Å². The second kappa shape index (κ2) is 8.13. The molecule has 0 radical (unpaired) electrons. The highest BCUT2D eigenvalue weighted by Crippen LogP contribution is 2.35. The van der Waals surface area contributed by atoms with Crippen LogP contribution in [-0.2, 0) is 0 Å². The maximum absolute atomic E-state index is 3.80. The molecular weight excluding hydrogens is 206 g/mol. The van der Waals surface area contributed by atoms with Gasteiger partial charge in [0, 0.05) is 6.04 Å². The highest BCUT2D eigenvalue weighted by Gasteiger charge is 2.29. The third-order valence-electron chi connectivity index (χ3n) is 4.73. The zero-order valence-electron chi connectivity index (χ0n) is 12.5. The summed E-state index contributed by atoms with van der Waals surface area (Å²) < 4.78 is 0. The van der Waals surface area contributed by atoms with Crippen LogP contribution in [0.3, 0.4) is 0 Å². The molecule has 0 aromatic rings. The van der Waals surface area contributed by atoms with Gasteiger partial charge in [0.1, 0.15) is 0 Å². The minimum atomic E-state index is 0.812. The highest BCUT2D eigenvalue weighted by atomic mass is 14.9. The first-order valence-corrected chi connectivity index (χ1v) is 7.94. The van der Waals surface area contributed by atoms with Gasteiger partial charge >= 0.3 is 0 Å². The second-order valence-electron chi connectivity index (χ2n) is 6.16. The monoisotopic (exact) mass is 239 g/mol. The summed E-state index contributed by atoms with van der Waals surface area (Å²) in [5, 5.41) is 3.80. The van der Waals surface area contributed by atoms with Crippen molar-refractivity contribution in [1.82, 2.24) is 5.32 Å². The summed E-state index contributed by atoms with van der Waals surface area (Å²) in [4.78, 5) is 0. The van der Waals surface area contributed by atoms with Gasteiger partial charge in [-0.05, 0) is 56.4 Å². The first-order valence-electron chi connectivity index (χ1n) is 7.94. The molecule has 1 nitrogen and oxygen atoms in total. The van der Waals surface area contributed by atoms with Crippen molar-refractivity contribution in [3.63, 3.8) is 0 Å². The number of nitrogens with one attached hydrogen (secondary N) is 1. The van der Waals surface area contributed by atoms with Crippen molar-refractivity contribution in [1.29, 1.82) is 0 Å². The molecule has 0 amide bonds. The van der Waals surface area contributed by atoms with E-state index in [0.29, 0.717) is 0 Å². The smallest absolute Gasteiger partial charge is 0.00956 e. The SMILES string of the molecule is CCCNC1CCC(CC)CC1CC(C)CC. The van der Waals surface area contributed by atoms with E-state index < -0.39 is 0 Å². The molecule has 0 aromatic carbocycles. The molecule has 1 aliphatic rings. The summed E-state index contributed by atoms with van der Waals surface area (Å²) in [5.74, 6) is 2.85. The van der Waals surface area contributed by atoms with Gasteiger partial charge in [0.25, 0.3) is 0 Å². The first kappa shape index (κ1) is 15.0. The molecule has 1 heteroatoms. The Bertz CT molecular complexity index is 188. The van der Waals surface area contributed by atoms with E-state index >= 15 is 0 Å². The molecule has 1 saturated carbocycles. The van der Waals surface area contributed by atoms with Crippen molar-refractivity contribution >= 4 is 0 Å². The quantitative estimate of drug-likeness (QED) is 0.683. The van der Waals surface area contributed by atoms with E-state index in [4.69, 9.17) is 0 Å². The maximum Gasteiger partial charge on any atom is 0.00956 e. The van der Waals surface area contributed by atoms with Crippen LogP contribution >= 0.6 is 0 Å². The highest BCUT2D eigenvalue weighted by molar-refractivity contribution is 4.85. The van der Waals surface area contributed by atoms with Gasteiger partial charge in [0.15, 0.2) is 0 Å². The van der Waals surface area contributed by atoms with Crippen LogP contribution in [0.25, 0.3) is 0 Å². The van der Waals surface area contributed by atoms with Gasteiger partial charge in [-0.15, -0.1) is 0 Å². The van der Waals surface area contributed by atoms with Crippen LogP contribution in [0.4, 0.5) is 0 Å². The average molecular weight is 239 g/mol. The molecule has 4 unspecified atom stereocenters. The Balaban J connectivity index is 2.48. The first-order chi connectivity index (χ1) is 8.21. The Hall–Kier alpha value is -0.0400. The Kier molecular flexibility index (Phi) is 7.18. The van der Waals surface area contributed by atoms with E-state index in [1.807, 2.05) is 0 Å². The largest absolute Gasteiger partial charge is 0.314 e. The van der Waals surface area contributed by atoms with Crippen molar-refractivity contribution in [2.45, 2.75) is 78.7 Å². The number of hydrogen-bond acceptors (Lipinski definition) is 1. The summed E-state index contributed by atoms with van der Waals surface area (Å²) in [7, 11) is 0. The number of hydrogen-bond donors (Lipinski definition) is 1. The van der Waals surface area contributed by atoms with Gasteiger partial charge in [0.05, 0.1) is 0 Å². The standard InChI is InChI=1S/C16H33N/c1-5-10-17-16-9-8-14(7-3)12-15(16)11-13(4)6-2/h13-17H,5-12H2,1-4H3. The van der Waals surface area contributed by atoms with Crippen LogP contribution in [0.5, 0.6) is 0 Å². The van der Waals surface area contributed by atoms with Gasteiger partial charge in [-0.2, -0.15) is 0 Å². The van der Waals surface area contributed by atoms with Gasteiger partial charge in [-0.25, -0.2) is 0 Å². The predicted molar refractivity (Wildman–Crippen MR) is 77.3 cm³/mol. The fraction of sp³-hybridized carbons (Fsp3) is 1.00. The van der Waals surface area contributed by atoms with E-state index in [1.165, 1.54) is 51.5 Å². The summed E-state index contributed by atoms with van der Waals surface area (Å²) in [6.45, 7) is 10.6. The summed E-state index contributed by atoms with van der Waals surface area (Å²) in [6.07, 6.45) is 9.78.